The van der Waals surface area contributed by atoms with Crippen LogP contribution in [-0.4, -0.2) is 46.0 Å². The summed E-state index contributed by atoms with van der Waals surface area (Å²) in [5.74, 6) is 1.01. The molecular weight excluding hydrogens is 444 g/mol. The number of carboxylic acids is 1. The summed E-state index contributed by atoms with van der Waals surface area (Å²) in [6, 6.07) is 12.7. The molecule has 3 heterocycles. The minimum atomic E-state index is -0.874. The van der Waals surface area contributed by atoms with Crippen molar-refractivity contribution in [2.75, 3.05) is 18.9 Å². The summed E-state index contributed by atoms with van der Waals surface area (Å²) < 4.78 is 6.37. The van der Waals surface area contributed by atoms with E-state index < -0.39 is 5.97 Å². The zero-order chi connectivity index (χ0) is 23.2. The van der Waals surface area contributed by atoms with Crippen LogP contribution in [0.5, 0.6) is 0 Å². The van der Waals surface area contributed by atoms with E-state index in [2.05, 4.69) is 35.1 Å². The van der Waals surface area contributed by atoms with Crippen molar-refractivity contribution >= 4 is 28.6 Å². The van der Waals surface area contributed by atoms with Crippen molar-refractivity contribution in [1.82, 2.24) is 9.88 Å². The lowest BCUT2D eigenvalue weighted by Crippen LogP contribution is -2.43. The van der Waals surface area contributed by atoms with Gasteiger partial charge in [-0.1, -0.05) is 12.1 Å². The number of H-pyrrole nitrogens is 1. The van der Waals surface area contributed by atoms with Crippen LogP contribution in [0.25, 0.3) is 10.9 Å². The van der Waals surface area contributed by atoms with Gasteiger partial charge in [0.2, 0.25) is 0 Å². The van der Waals surface area contributed by atoms with Crippen LogP contribution < -0.4 is 0 Å². The number of aromatic carboxylic acids is 1. The Morgan fingerprint density at radius 2 is 1.97 bits per heavy atom. The number of hydrogen-bond acceptors (Lipinski definition) is 4. The Bertz CT molecular complexity index is 1200. The molecule has 1 saturated heterocycles. The number of piperidine rings is 1. The first-order chi connectivity index (χ1) is 16.6. The smallest absolute Gasteiger partial charge is 0.335 e. The Morgan fingerprint density at radius 1 is 1.15 bits per heavy atom. The van der Waals surface area contributed by atoms with Crippen molar-refractivity contribution in [2.45, 2.75) is 62.1 Å². The summed E-state index contributed by atoms with van der Waals surface area (Å²) in [6.07, 6.45) is 8.08. The molecule has 2 N–H and O–H groups in total. The number of rotatable bonds is 6. The number of fused-ring (bicyclic) bond motifs is 3. The van der Waals surface area contributed by atoms with Gasteiger partial charge in [-0.2, -0.15) is 0 Å². The zero-order valence-electron chi connectivity index (χ0n) is 19.6. The summed E-state index contributed by atoms with van der Waals surface area (Å²) >= 11 is 1.98. The zero-order valence-corrected chi connectivity index (χ0v) is 20.4. The highest BCUT2D eigenvalue weighted by molar-refractivity contribution is 7.99. The van der Waals surface area contributed by atoms with Crippen LogP contribution in [0.1, 0.15) is 71.2 Å². The molecule has 0 spiro atoms. The largest absolute Gasteiger partial charge is 0.478 e. The molecule has 3 aliphatic rings. The van der Waals surface area contributed by atoms with E-state index in [0.717, 1.165) is 44.1 Å². The molecule has 1 saturated carbocycles. The van der Waals surface area contributed by atoms with Crippen molar-refractivity contribution in [3.8, 4) is 0 Å². The number of carbonyl (C=O) groups is 1. The van der Waals surface area contributed by atoms with E-state index in [1.807, 2.05) is 23.9 Å². The molecule has 3 atom stereocenters. The fourth-order valence-corrected chi connectivity index (χ4v) is 7.05. The molecule has 1 aromatic heterocycles. The number of benzene rings is 2. The molecule has 2 aromatic carbocycles. The first-order valence-electron chi connectivity index (χ1n) is 12.5. The van der Waals surface area contributed by atoms with Crippen molar-refractivity contribution in [1.29, 1.82) is 0 Å². The lowest BCUT2D eigenvalue weighted by Gasteiger charge is -2.46. The van der Waals surface area contributed by atoms with E-state index in [4.69, 9.17) is 4.74 Å². The first-order valence-corrected chi connectivity index (χ1v) is 13.5. The first kappa shape index (κ1) is 22.2. The van der Waals surface area contributed by atoms with Crippen LogP contribution in [0, 0.1) is 12.8 Å². The molecule has 34 heavy (non-hydrogen) atoms. The number of nitrogens with one attached hydrogen (secondary N) is 1. The van der Waals surface area contributed by atoms with E-state index in [9.17, 15) is 9.90 Å². The van der Waals surface area contributed by atoms with Gasteiger partial charge < -0.3 is 14.8 Å². The summed E-state index contributed by atoms with van der Waals surface area (Å²) in [7, 11) is 0. The molecule has 0 amide bonds. The van der Waals surface area contributed by atoms with Gasteiger partial charge in [-0.05, 0) is 91.7 Å². The molecule has 3 aromatic rings. The second-order valence-electron chi connectivity index (χ2n) is 10.1. The SMILES string of the molecule is Cc1cc2c(c3cc[nH]c13)C(N1CC[C@@H](OCC3CC3)C[C@@H]1c1ccc(C(=O)O)cc1)CCS2. The number of nitrogens with zero attached hydrogens (tertiary/aromatic N) is 1. The Labute approximate surface area is 204 Å². The van der Waals surface area contributed by atoms with Gasteiger partial charge in [-0.25, -0.2) is 4.79 Å². The topological polar surface area (TPSA) is 65.6 Å². The second-order valence-corrected chi connectivity index (χ2v) is 11.3. The van der Waals surface area contributed by atoms with E-state index >= 15 is 0 Å². The molecule has 6 rings (SSSR count). The number of aryl methyl sites for hydroxylation is 1. The van der Waals surface area contributed by atoms with Gasteiger partial charge in [0.15, 0.2) is 0 Å². The summed E-state index contributed by atoms with van der Waals surface area (Å²) in [5.41, 5.74) is 5.55. The molecular formula is C28H32N2O3S. The van der Waals surface area contributed by atoms with E-state index in [0.29, 0.717) is 11.6 Å². The maximum atomic E-state index is 11.4. The lowest BCUT2D eigenvalue weighted by atomic mass is 9.87. The standard InChI is InChI=1S/C28H32N2O3S/c1-17-14-25-26(22-8-11-29-27(17)22)23(10-13-34-25)30-12-9-21(33-16-18-2-3-18)15-24(30)19-4-6-20(7-5-19)28(31)32/h4-8,11,14,18,21,23-24,29H,2-3,9-10,12-13,15-16H2,1H3,(H,31,32)/t21-,23?,24-/m1/s1. The number of aromatic nitrogens is 1. The Morgan fingerprint density at radius 3 is 2.74 bits per heavy atom. The predicted octanol–water partition coefficient (Wildman–Crippen LogP) is 6.34. The fourth-order valence-electron chi connectivity index (χ4n) is 5.83. The average molecular weight is 477 g/mol. The maximum absolute atomic E-state index is 11.4. The lowest BCUT2D eigenvalue weighted by molar-refractivity contribution is -0.0344. The number of aromatic amines is 1. The van der Waals surface area contributed by atoms with Crippen LogP contribution in [0.15, 0.2) is 47.5 Å². The number of ether oxygens (including phenoxy) is 1. The third-order valence-corrected chi connectivity index (χ3v) is 8.92. The van der Waals surface area contributed by atoms with Crippen molar-refractivity contribution in [3.05, 3.63) is 64.8 Å². The maximum Gasteiger partial charge on any atom is 0.335 e. The normalized spacial score (nSPS) is 25.4. The Hall–Kier alpha value is -2.28. The van der Waals surface area contributed by atoms with Crippen molar-refractivity contribution < 1.29 is 14.6 Å². The fraction of sp³-hybridized carbons (Fsp3) is 0.464. The third-order valence-electron chi connectivity index (χ3n) is 7.83. The Balaban J connectivity index is 1.36. The van der Waals surface area contributed by atoms with Gasteiger partial charge in [0.25, 0.3) is 0 Å². The highest BCUT2D eigenvalue weighted by Crippen LogP contribution is 2.48. The Kier molecular flexibility index (Phi) is 5.92. The molecule has 1 aliphatic carbocycles. The number of carboxylic acid groups (broad SMARTS) is 1. The van der Waals surface area contributed by atoms with E-state index in [1.54, 1.807) is 12.1 Å². The predicted molar refractivity (Wildman–Crippen MR) is 136 cm³/mol. The summed E-state index contributed by atoms with van der Waals surface area (Å²) in [5, 5.41) is 10.7. The second kappa shape index (κ2) is 9.06. The summed E-state index contributed by atoms with van der Waals surface area (Å²) in [6.45, 7) is 4.08. The number of hydrogen-bond donors (Lipinski definition) is 2. The van der Waals surface area contributed by atoms with Gasteiger partial charge in [0.1, 0.15) is 0 Å². The molecule has 2 fully saturated rings. The summed E-state index contributed by atoms with van der Waals surface area (Å²) in [4.78, 5) is 19.0. The highest BCUT2D eigenvalue weighted by Gasteiger charge is 2.38. The van der Waals surface area contributed by atoms with Crippen LogP contribution >= 0.6 is 11.8 Å². The molecule has 1 unspecified atom stereocenters. The number of likely N-dealkylation sites (tertiary alicyclic amines) is 1. The van der Waals surface area contributed by atoms with Crippen LogP contribution in [0.4, 0.5) is 0 Å². The van der Waals surface area contributed by atoms with Crippen LogP contribution in [0.3, 0.4) is 0 Å². The minimum Gasteiger partial charge on any atom is -0.478 e. The quantitative estimate of drug-likeness (QED) is 0.434. The monoisotopic (exact) mass is 476 g/mol. The molecule has 6 heteroatoms. The van der Waals surface area contributed by atoms with Gasteiger partial charge in [-0.15, -0.1) is 11.8 Å². The molecule has 2 aliphatic heterocycles. The molecule has 0 radical (unpaired) electrons. The van der Waals surface area contributed by atoms with Gasteiger partial charge in [-0.3, -0.25) is 4.90 Å². The highest BCUT2D eigenvalue weighted by atomic mass is 32.2. The minimum absolute atomic E-state index is 0.219. The average Bonchev–Trinajstić information content (AvgIpc) is 3.55. The van der Waals surface area contributed by atoms with Crippen LogP contribution in [0.2, 0.25) is 0 Å². The van der Waals surface area contributed by atoms with E-state index in [1.165, 1.54) is 45.3 Å². The van der Waals surface area contributed by atoms with E-state index in [-0.39, 0.29) is 12.1 Å². The number of thioether (sulfide) groups is 1. The third kappa shape index (κ3) is 4.16. The van der Waals surface area contributed by atoms with Crippen LogP contribution in [-0.2, 0) is 4.74 Å². The van der Waals surface area contributed by atoms with Gasteiger partial charge in [0, 0.05) is 47.2 Å². The van der Waals surface area contributed by atoms with Gasteiger partial charge in [0.05, 0.1) is 11.7 Å². The van der Waals surface area contributed by atoms with Crippen molar-refractivity contribution in [3.63, 3.8) is 0 Å². The van der Waals surface area contributed by atoms with Gasteiger partial charge >= 0.3 is 5.97 Å². The molecule has 0 bridgehead atoms. The molecule has 178 valence electrons. The molecule has 5 nitrogen and oxygen atoms in total. The van der Waals surface area contributed by atoms with Crippen molar-refractivity contribution in [2.24, 2.45) is 5.92 Å².